The summed E-state index contributed by atoms with van der Waals surface area (Å²) in [6, 6.07) is 6.09. The molecule has 0 spiro atoms. The molecular formula is C15H19NO3. The highest BCUT2D eigenvalue weighted by Gasteiger charge is 2.13. The van der Waals surface area contributed by atoms with Gasteiger partial charge in [0.15, 0.2) is 11.5 Å². The predicted octanol–water partition coefficient (Wildman–Crippen LogP) is 2.24. The van der Waals surface area contributed by atoms with E-state index in [-0.39, 0.29) is 0 Å². The maximum absolute atomic E-state index is 5.57. The van der Waals surface area contributed by atoms with Gasteiger partial charge in [0.05, 0.1) is 6.26 Å². The number of allylic oxidation sites excluding steroid dienone is 1. The highest BCUT2D eigenvalue weighted by molar-refractivity contribution is 5.43. The van der Waals surface area contributed by atoms with Crippen molar-refractivity contribution in [2.75, 3.05) is 19.8 Å². The van der Waals surface area contributed by atoms with Crippen LogP contribution in [0, 0.1) is 0 Å². The third-order valence-corrected chi connectivity index (χ3v) is 3.33. The average Bonchev–Trinajstić information content (AvgIpc) is 2.48. The number of hydrogen-bond donors (Lipinski definition) is 1. The lowest BCUT2D eigenvalue weighted by molar-refractivity contribution is 0.122. The number of fused-ring (bicyclic) bond motifs is 1. The van der Waals surface area contributed by atoms with E-state index in [1.807, 2.05) is 12.1 Å². The fraction of sp³-hybridized carbons (Fsp3) is 0.467. The molecule has 102 valence electrons. The lowest BCUT2D eigenvalue weighted by Crippen LogP contribution is -2.28. The van der Waals surface area contributed by atoms with Crippen molar-refractivity contribution in [2.24, 2.45) is 0 Å². The smallest absolute Gasteiger partial charge is 0.161 e. The first-order chi connectivity index (χ1) is 9.42. The maximum atomic E-state index is 5.57. The van der Waals surface area contributed by atoms with E-state index >= 15 is 0 Å². The second kappa shape index (κ2) is 5.97. The van der Waals surface area contributed by atoms with Crippen molar-refractivity contribution in [3.8, 4) is 11.5 Å². The van der Waals surface area contributed by atoms with Crippen LogP contribution in [-0.2, 0) is 11.3 Å². The molecule has 4 nitrogen and oxygen atoms in total. The van der Waals surface area contributed by atoms with Crippen molar-refractivity contribution in [3.05, 3.63) is 36.1 Å². The molecule has 1 N–H and O–H groups in total. The molecule has 0 bridgehead atoms. The van der Waals surface area contributed by atoms with Crippen molar-refractivity contribution < 1.29 is 14.2 Å². The van der Waals surface area contributed by atoms with Crippen molar-refractivity contribution in [1.29, 1.82) is 0 Å². The van der Waals surface area contributed by atoms with E-state index in [4.69, 9.17) is 14.2 Å². The second-order valence-corrected chi connectivity index (χ2v) is 4.82. The summed E-state index contributed by atoms with van der Waals surface area (Å²) in [5.41, 5.74) is 1.20. The zero-order valence-electron chi connectivity index (χ0n) is 10.9. The van der Waals surface area contributed by atoms with Gasteiger partial charge in [-0.25, -0.2) is 0 Å². The quantitative estimate of drug-likeness (QED) is 0.902. The van der Waals surface area contributed by atoms with Crippen LogP contribution in [0.5, 0.6) is 11.5 Å². The Kier molecular flexibility index (Phi) is 3.89. The van der Waals surface area contributed by atoms with Gasteiger partial charge >= 0.3 is 0 Å². The summed E-state index contributed by atoms with van der Waals surface area (Å²) in [6.45, 7) is 2.96. The van der Waals surface area contributed by atoms with E-state index in [1.165, 1.54) is 5.56 Å². The summed E-state index contributed by atoms with van der Waals surface area (Å²) in [7, 11) is 0. The zero-order valence-corrected chi connectivity index (χ0v) is 10.9. The lowest BCUT2D eigenvalue weighted by Gasteiger charge is -2.21. The summed E-state index contributed by atoms with van der Waals surface area (Å²) in [5, 5.41) is 3.42. The molecule has 2 aliphatic heterocycles. The van der Waals surface area contributed by atoms with Crippen LogP contribution in [-0.4, -0.2) is 25.9 Å². The number of nitrogens with one attached hydrogen (secondary N) is 1. The highest BCUT2D eigenvalue weighted by atomic mass is 16.6. The number of rotatable bonds is 4. The second-order valence-electron chi connectivity index (χ2n) is 4.82. The molecule has 3 rings (SSSR count). The number of hydrogen-bond acceptors (Lipinski definition) is 4. The fourth-order valence-corrected chi connectivity index (χ4v) is 2.31. The molecule has 1 aromatic carbocycles. The van der Waals surface area contributed by atoms with Gasteiger partial charge in [-0.3, -0.25) is 0 Å². The van der Waals surface area contributed by atoms with E-state index in [2.05, 4.69) is 17.5 Å². The average molecular weight is 261 g/mol. The maximum Gasteiger partial charge on any atom is 0.161 e. The summed E-state index contributed by atoms with van der Waals surface area (Å²) in [6.07, 6.45) is 6.36. The van der Waals surface area contributed by atoms with Gasteiger partial charge in [0.2, 0.25) is 0 Å². The lowest BCUT2D eigenvalue weighted by atomic mass is 10.1. The molecule has 2 aliphatic rings. The van der Waals surface area contributed by atoms with Crippen LogP contribution >= 0.6 is 0 Å². The molecular weight excluding hydrogens is 242 g/mol. The topological polar surface area (TPSA) is 39.7 Å². The minimum absolute atomic E-state index is 0.294. The normalized spacial score (nSPS) is 20.9. The molecule has 4 heteroatoms. The van der Waals surface area contributed by atoms with Crippen molar-refractivity contribution in [2.45, 2.75) is 25.5 Å². The van der Waals surface area contributed by atoms with Crippen LogP contribution in [0.4, 0.5) is 0 Å². The van der Waals surface area contributed by atoms with Crippen molar-refractivity contribution in [3.63, 3.8) is 0 Å². The monoisotopic (exact) mass is 261 g/mol. The molecule has 0 aromatic heterocycles. The third kappa shape index (κ3) is 3.20. The van der Waals surface area contributed by atoms with Gasteiger partial charge < -0.3 is 19.5 Å². The molecule has 1 aromatic rings. The Morgan fingerprint density at radius 2 is 2.05 bits per heavy atom. The summed E-state index contributed by atoms with van der Waals surface area (Å²) >= 11 is 0. The largest absolute Gasteiger partial charge is 0.497 e. The molecule has 0 saturated heterocycles. The Morgan fingerprint density at radius 3 is 2.89 bits per heavy atom. The van der Waals surface area contributed by atoms with Gasteiger partial charge in [0.1, 0.15) is 19.3 Å². The molecule has 0 amide bonds. The number of ether oxygens (including phenoxy) is 3. The van der Waals surface area contributed by atoms with Gasteiger partial charge in [-0.05, 0) is 36.6 Å². The van der Waals surface area contributed by atoms with E-state index in [0.29, 0.717) is 19.3 Å². The van der Waals surface area contributed by atoms with E-state index in [0.717, 1.165) is 37.4 Å². The Morgan fingerprint density at radius 1 is 1.16 bits per heavy atom. The van der Waals surface area contributed by atoms with Crippen LogP contribution < -0.4 is 14.8 Å². The van der Waals surface area contributed by atoms with Crippen LogP contribution in [0.1, 0.15) is 18.4 Å². The van der Waals surface area contributed by atoms with Gasteiger partial charge in [-0.15, -0.1) is 0 Å². The summed E-state index contributed by atoms with van der Waals surface area (Å²) in [4.78, 5) is 0. The molecule has 0 saturated carbocycles. The molecule has 0 fully saturated rings. The van der Waals surface area contributed by atoms with E-state index < -0.39 is 0 Å². The Balaban J connectivity index is 1.51. The standard InChI is InChI=1S/C15H19NO3/c1-2-6-17-13(3-1)11-16-10-12-4-5-14-15(9-12)19-8-7-18-14/h2,4-6,9,13,16H,1,3,7-8,10-11H2. The SMILES string of the molecule is C1=COC(CNCc2ccc3c(c2)OCCO3)CC1. The fourth-order valence-electron chi connectivity index (χ4n) is 2.31. The van der Waals surface area contributed by atoms with Gasteiger partial charge in [0.25, 0.3) is 0 Å². The Labute approximate surface area is 113 Å². The molecule has 1 unspecified atom stereocenters. The molecule has 19 heavy (non-hydrogen) atoms. The minimum Gasteiger partial charge on any atom is -0.497 e. The van der Waals surface area contributed by atoms with Crippen LogP contribution in [0.2, 0.25) is 0 Å². The van der Waals surface area contributed by atoms with Gasteiger partial charge in [-0.2, -0.15) is 0 Å². The Bertz CT molecular complexity index is 459. The van der Waals surface area contributed by atoms with Crippen molar-refractivity contribution in [1.82, 2.24) is 5.32 Å². The van der Waals surface area contributed by atoms with Crippen LogP contribution in [0.3, 0.4) is 0 Å². The van der Waals surface area contributed by atoms with Crippen LogP contribution in [0.25, 0.3) is 0 Å². The predicted molar refractivity (Wildman–Crippen MR) is 72.4 cm³/mol. The van der Waals surface area contributed by atoms with E-state index in [9.17, 15) is 0 Å². The van der Waals surface area contributed by atoms with Crippen molar-refractivity contribution >= 4 is 0 Å². The minimum atomic E-state index is 0.294. The van der Waals surface area contributed by atoms with E-state index in [1.54, 1.807) is 6.26 Å². The van der Waals surface area contributed by atoms with Crippen LogP contribution in [0.15, 0.2) is 30.5 Å². The molecule has 1 atom stereocenters. The van der Waals surface area contributed by atoms with Gasteiger partial charge in [-0.1, -0.05) is 6.07 Å². The summed E-state index contributed by atoms with van der Waals surface area (Å²) in [5.74, 6) is 1.69. The molecule has 0 radical (unpaired) electrons. The summed E-state index contributed by atoms with van der Waals surface area (Å²) < 4.78 is 16.6. The zero-order chi connectivity index (χ0) is 12.9. The number of benzene rings is 1. The molecule has 0 aliphatic carbocycles. The first-order valence-electron chi connectivity index (χ1n) is 6.81. The Hall–Kier alpha value is -1.68. The first-order valence-corrected chi connectivity index (χ1v) is 6.81. The van der Waals surface area contributed by atoms with Gasteiger partial charge in [0, 0.05) is 13.1 Å². The first kappa shape index (κ1) is 12.4. The molecule has 2 heterocycles. The third-order valence-electron chi connectivity index (χ3n) is 3.33. The highest BCUT2D eigenvalue weighted by Crippen LogP contribution is 2.30.